The number of pyridine rings is 1. The summed E-state index contributed by atoms with van der Waals surface area (Å²) in [4.78, 5) is 51.1. The second-order valence-corrected chi connectivity index (χ2v) is 7.80. The average molecular weight is 456 g/mol. The molecule has 0 saturated carbocycles. The molecule has 2 aromatic rings. The molecule has 176 valence electrons. The van der Waals surface area contributed by atoms with E-state index in [-0.39, 0.29) is 22.9 Å². The van der Waals surface area contributed by atoms with Crippen molar-refractivity contribution in [2.45, 2.75) is 12.8 Å². The Balaban J connectivity index is 1.49. The number of hydrogen-bond donors (Lipinski definition) is 2. The van der Waals surface area contributed by atoms with Crippen molar-refractivity contribution in [2.75, 3.05) is 39.2 Å². The van der Waals surface area contributed by atoms with Gasteiger partial charge in [0.15, 0.2) is 0 Å². The van der Waals surface area contributed by atoms with Gasteiger partial charge in [-0.1, -0.05) is 0 Å². The van der Waals surface area contributed by atoms with Crippen LogP contribution in [0.4, 0.5) is 5.69 Å². The fourth-order valence-corrected chi connectivity index (χ4v) is 3.68. The number of likely N-dealkylation sites (tertiary alicyclic amines) is 1. The number of carbonyl (C=O) groups is 3. The Morgan fingerprint density at radius 3 is 2.45 bits per heavy atom. The number of carbonyl (C=O) groups excluding carboxylic acids is 3. The number of nitrogens with zero attached hydrogens (tertiary/aromatic N) is 2. The fraction of sp³-hybridized carbons (Fsp3) is 0.391. The molecule has 1 saturated heterocycles. The van der Waals surface area contributed by atoms with Gasteiger partial charge in [-0.15, -0.1) is 0 Å². The van der Waals surface area contributed by atoms with Gasteiger partial charge in [-0.05, 0) is 43.0 Å². The fourth-order valence-electron chi connectivity index (χ4n) is 3.68. The summed E-state index contributed by atoms with van der Waals surface area (Å²) in [6.07, 6.45) is 2.92. The molecule has 1 fully saturated rings. The van der Waals surface area contributed by atoms with E-state index in [4.69, 9.17) is 9.47 Å². The molecule has 2 heterocycles. The lowest BCUT2D eigenvalue weighted by Gasteiger charge is -2.32. The molecule has 0 spiro atoms. The zero-order valence-electron chi connectivity index (χ0n) is 18.9. The summed E-state index contributed by atoms with van der Waals surface area (Å²) in [5.41, 5.74) is 0.155. The normalized spacial score (nSPS) is 13.8. The van der Waals surface area contributed by atoms with Crippen LogP contribution in [0.1, 0.15) is 23.2 Å². The number of aryl methyl sites for hydroxylation is 1. The van der Waals surface area contributed by atoms with E-state index in [1.54, 1.807) is 42.4 Å². The molecule has 0 unspecified atom stereocenters. The van der Waals surface area contributed by atoms with Crippen LogP contribution in [0.5, 0.6) is 11.5 Å². The second kappa shape index (κ2) is 10.7. The van der Waals surface area contributed by atoms with Gasteiger partial charge in [0.2, 0.25) is 0 Å². The molecule has 10 heteroatoms. The van der Waals surface area contributed by atoms with Gasteiger partial charge in [-0.25, -0.2) is 0 Å². The molecule has 1 aromatic carbocycles. The summed E-state index contributed by atoms with van der Waals surface area (Å²) < 4.78 is 11.7. The van der Waals surface area contributed by atoms with Crippen LogP contribution in [-0.2, 0) is 16.6 Å². The summed E-state index contributed by atoms with van der Waals surface area (Å²) >= 11 is 0. The van der Waals surface area contributed by atoms with Crippen LogP contribution in [0.3, 0.4) is 0 Å². The first-order valence-corrected chi connectivity index (χ1v) is 10.6. The number of ether oxygens (including phenoxy) is 2. The van der Waals surface area contributed by atoms with E-state index < -0.39 is 11.8 Å². The molecule has 0 radical (unpaired) electrons. The van der Waals surface area contributed by atoms with Gasteiger partial charge in [-0.3, -0.25) is 19.2 Å². The van der Waals surface area contributed by atoms with Crippen molar-refractivity contribution in [1.29, 1.82) is 0 Å². The number of rotatable bonds is 6. The lowest BCUT2D eigenvalue weighted by atomic mass is 9.96. The first kappa shape index (κ1) is 23.8. The molecule has 1 aliphatic rings. The van der Waals surface area contributed by atoms with Gasteiger partial charge in [0.1, 0.15) is 17.1 Å². The third-order valence-electron chi connectivity index (χ3n) is 5.67. The maximum Gasteiger partial charge on any atom is 0.313 e. The van der Waals surface area contributed by atoms with E-state index >= 15 is 0 Å². The quantitative estimate of drug-likeness (QED) is 0.627. The van der Waals surface area contributed by atoms with Crippen molar-refractivity contribution >= 4 is 23.4 Å². The largest absolute Gasteiger partial charge is 0.497 e. The molecule has 33 heavy (non-hydrogen) atoms. The van der Waals surface area contributed by atoms with Crippen LogP contribution in [-0.4, -0.2) is 61.0 Å². The van der Waals surface area contributed by atoms with Crippen LogP contribution < -0.4 is 25.7 Å². The molecule has 0 bridgehead atoms. The Bertz CT molecular complexity index is 1090. The van der Waals surface area contributed by atoms with Crippen molar-refractivity contribution in [3.63, 3.8) is 0 Å². The molecule has 3 rings (SSSR count). The van der Waals surface area contributed by atoms with Crippen LogP contribution in [0.15, 0.2) is 41.3 Å². The number of hydrogen-bond acceptors (Lipinski definition) is 6. The second-order valence-electron chi connectivity index (χ2n) is 7.80. The number of anilines is 1. The molecule has 0 atom stereocenters. The minimum absolute atomic E-state index is 0.121. The molecular weight excluding hydrogens is 428 g/mol. The predicted molar refractivity (Wildman–Crippen MR) is 121 cm³/mol. The highest BCUT2D eigenvalue weighted by molar-refractivity contribution is 6.39. The van der Waals surface area contributed by atoms with Gasteiger partial charge in [0.25, 0.3) is 11.5 Å². The highest BCUT2D eigenvalue weighted by atomic mass is 16.5. The van der Waals surface area contributed by atoms with Crippen LogP contribution in [0, 0.1) is 5.92 Å². The Morgan fingerprint density at radius 2 is 1.79 bits per heavy atom. The highest BCUT2D eigenvalue weighted by Gasteiger charge is 2.26. The van der Waals surface area contributed by atoms with Crippen molar-refractivity contribution < 1.29 is 23.9 Å². The van der Waals surface area contributed by atoms with E-state index in [0.717, 1.165) is 0 Å². The van der Waals surface area contributed by atoms with Gasteiger partial charge in [-0.2, -0.15) is 0 Å². The SMILES string of the molecule is COc1ccc(OC)c(NC(=O)C(=O)NCC2CCN(C(=O)c3cccn(C)c3=O)CC2)c1. The average Bonchev–Trinajstić information content (AvgIpc) is 2.84. The number of piperidine rings is 1. The summed E-state index contributed by atoms with van der Waals surface area (Å²) in [5.74, 6) is -0.815. The number of methoxy groups -OCH3 is 2. The topological polar surface area (TPSA) is 119 Å². The molecule has 1 aliphatic heterocycles. The first-order chi connectivity index (χ1) is 15.8. The minimum Gasteiger partial charge on any atom is -0.497 e. The Labute approximate surface area is 191 Å². The third kappa shape index (κ3) is 5.71. The lowest BCUT2D eigenvalue weighted by Crippen LogP contribution is -2.44. The van der Waals surface area contributed by atoms with Crippen molar-refractivity contribution in [3.8, 4) is 11.5 Å². The molecule has 3 amide bonds. The zero-order valence-corrected chi connectivity index (χ0v) is 18.9. The van der Waals surface area contributed by atoms with Crippen molar-refractivity contribution in [3.05, 3.63) is 52.4 Å². The van der Waals surface area contributed by atoms with Gasteiger partial charge in [0, 0.05) is 38.9 Å². The Hall–Kier alpha value is -3.82. The van der Waals surface area contributed by atoms with Crippen LogP contribution in [0.25, 0.3) is 0 Å². The maximum absolute atomic E-state index is 12.7. The van der Waals surface area contributed by atoms with E-state index in [1.165, 1.54) is 24.9 Å². The van der Waals surface area contributed by atoms with Crippen LogP contribution in [0.2, 0.25) is 0 Å². The molecule has 10 nitrogen and oxygen atoms in total. The van der Waals surface area contributed by atoms with E-state index in [2.05, 4.69) is 10.6 Å². The summed E-state index contributed by atoms with van der Waals surface area (Å²) in [5, 5.41) is 5.18. The monoisotopic (exact) mass is 456 g/mol. The highest BCUT2D eigenvalue weighted by Crippen LogP contribution is 2.28. The lowest BCUT2D eigenvalue weighted by molar-refractivity contribution is -0.136. The van der Waals surface area contributed by atoms with Gasteiger partial charge < -0.3 is 29.6 Å². The minimum atomic E-state index is -0.811. The Kier molecular flexibility index (Phi) is 7.70. The van der Waals surface area contributed by atoms with Crippen molar-refractivity contribution in [2.24, 2.45) is 13.0 Å². The predicted octanol–water partition coefficient (Wildman–Crippen LogP) is 1.01. The maximum atomic E-state index is 12.7. The molecule has 2 N–H and O–H groups in total. The molecule has 0 aliphatic carbocycles. The molecular formula is C23H28N4O6. The number of benzene rings is 1. The standard InChI is InChI=1S/C23H28N4O6/c1-26-10-4-5-17(22(26)30)23(31)27-11-8-15(9-12-27)14-24-20(28)21(29)25-18-13-16(32-2)6-7-19(18)33-3/h4-7,10,13,15H,8-9,11-12,14H2,1-3H3,(H,24,28)(H,25,29). The Morgan fingerprint density at radius 1 is 1.06 bits per heavy atom. The van der Waals surface area contributed by atoms with Crippen LogP contribution >= 0.6 is 0 Å². The van der Waals surface area contributed by atoms with E-state index in [1.807, 2.05) is 0 Å². The first-order valence-electron chi connectivity index (χ1n) is 10.6. The van der Waals surface area contributed by atoms with E-state index in [0.29, 0.717) is 49.7 Å². The third-order valence-corrected chi connectivity index (χ3v) is 5.67. The van der Waals surface area contributed by atoms with Crippen molar-refractivity contribution in [1.82, 2.24) is 14.8 Å². The number of aromatic nitrogens is 1. The zero-order chi connectivity index (χ0) is 24.0. The van der Waals surface area contributed by atoms with E-state index in [9.17, 15) is 19.2 Å². The number of nitrogens with one attached hydrogen (secondary N) is 2. The number of amides is 3. The van der Waals surface area contributed by atoms with Gasteiger partial charge >= 0.3 is 11.8 Å². The smallest absolute Gasteiger partial charge is 0.313 e. The van der Waals surface area contributed by atoms with Gasteiger partial charge in [0.05, 0.1) is 19.9 Å². The summed E-state index contributed by atoms with van der Waals surface area (Å²) in [6.45, 7) is 1.27. The summed E-state index contributed by atoms with van der Waals surface area (Å²) in [7, 11) is 4.57. The summed E-state index contributed by atoms with van der Waals surface area (Å²) in [6, 6.07) is 8.08. The molecule has 1 aromatic heterocycles.